The molecule has 0 saturated carbocycles. The predicted octanol–water partition coefficient (Wildman–Crippen LogP) is 2.96. The highest BCUT2D eigenvalue weighted by atomic mass is 28.4. The highest BCUT2D eigenvalue weighted by Crippen LogP contribution is 2.27. The zero-order valence-electron chi connectivity index (χ0n) is 10.0. The molecule has 0 fully saturated rings. The third-order valence-electron chi connectivity index (χ3n) is 2.14. The zero-order chi connectivity index (χ0) is 11.5. The molecule has 0 aliphatic carbocycles. The Hall–Kier alpha value is -0.803. The first kappa shape index (κ1) is 12.3. The van der Waals surface area contributed by atoms with E-state index in [1.54, 1.807) is 0 Å². The molecule has 0 bridgehead atoms. The number of aliphatic hydroxyl groups is 1. The van der Waals surface area contributed by atoms with Crippen molar-refractivity contribution in [3.05, 3.63) is 29.3 Å². The van der Waals surface area contributed by atoms with Crippen molar-refractivity contribution in [3.63, 3.8) is 0 Å². The maximum atomic E-state index is 9.27. The van der Waals surface area contributed by atoms with E-state index >= 15 is 0 Å². The van der Waals surface area contributed by atoms with Crippen LogP contribution in [-0.4, -0.2) is 13.4 Å². The number of aliphatic hydroxyl groups excluding tert-OH is 1. The number of para-hydroxylation sites is 1. The summed E-state index contributed by atoms with van der Waals surface area (Å²) in [6, 6.07) is 5.96. The van der Waals surface area contributed by atoms with E-state index in [0.717, 1.165) is 17.7 Å². The van der Waals surface area contributed by atoms with Gasteiger partial charge in [0.05, 0.1) is 6.61 Å². The number of aryl methyl sites for hydroxylation is 1. The molecule has 0 amide bonds. The van der Waals surface area contributed by atoms with E-state index in [1.807, 2.05) is 12.1 Å². The lowest BCUT2D eigenvalue weighted by atomic mass is 10.1. The number of rotatable bonds is 4. The molecular formula is C12H20O2Si. The van der Waals surface area contributed by atoms with Gasteiger partial charge in [0, 0.05) is 5.56 Å². The molecule has 1 aromatic carbocycles. The van der Waals surface area contributed by atoms with Gasteiger partial charge in [0.25, 0.3) is 0 Å². The van der Waals surface area contributed by atoms with Crippen molar-refractivity contribution in [1.29, 1.82) is 0 Å². The molecule has 1 N–H and O–H groups in total. The van der Waals surface area contributed by atoms with Gasteiger partial charge in [-0.15, -0.1) is 0 Å². The van der Waals surface area contributed by atoms with E-state index in [4.69, 9.17) is 4.43 Å². The van der Waals surface area contributed by atoms with Crippen molar-refractivity contribution in [2.45, 2.75) is 39.6 Å². The van der Waals surface area contributed by atoms with Gasteiger partial charge in [-0.1, -0.05) is 25.1 Å². The molecule has 0 heterocycles. The van der Waals surface area contributed by atoms with Crippen molar-refractivity contribution in [2.75, 3.05) is 0 Å². The molecule has 0 aromatic heterocycles. The number of hydrogen-bond donors (Lipinski definition) is 1. The van der Waals surface area contributed by atoms with Crippen LogP contribution in [0.25, 0.3) is 0 Å². The van der Waals surface area contributed by atoms with E-state index in [1.165, 1.54) is 5.56 Å². The predicted molar refractivity (Wildman–Crippen MR) is 65.7 cm³/mol. The molecule has 0 saturated heterocycles. The molecule has 15 heavy (non-hydrogen) atoms. The Balaban J connectivity index is 3.11. The van der Waals surface area contributed by atoms with Gasteiger partial charge in [-0.25, -0.2) is 0 Å². The van der Waals surface area contributed by atoms with E-state index in [-0.39, 0.29) is 6.61 Å². The van der Waals surface area contributed by atoms with E-state index in [2.05, 4.69) is 32.6 Å². The zero-order valence-corrected chi connectivity index (χ0v) is 11.0. The fourth-order valence-corrected chi connectivity index (χ4v) is 2.35. The van der Waals surface area contributed by atoms with Gasteiger partial charge in [0.2, 0.25) is 8.32 Å². The van der Waals surface area contributed by atoms with E-state index < -0.39 is 8.32 Å². The summed E-state index contributed by atoms with van der Waals surface area (Å²) in [5.74, 6) is 0.904. The van der Waals surface area contributed by atoms with Crippen molar-refractivity contribution in [3.8, 4) is 5.75 Å². The van der Waals surface area contributed by atoms with E-state index in [9.17, 15) is 5.11 Å². The maximum Gasteiger partial charge on any atom is 0.242 e. The lowest BCUT2D eigenvalue weighted by molar-refractivity contribution is 0.278. The van der Waals surface area contributed by atoms with Crippen LogP contribution in [0.2, 0.25) is 19.6 Å². The van der Waals surface area contributed by atoms with Gasteiger partial charge >= 0.3 is 0 Å². The van der Waals surface area contributed by atoms with Crippen molar-refractivity contribution in [1.82, 2.24) is 0 Å². The molecule has 1 aromatic rings. The van der Waals surface area contributed by atoms with Gasteiger partial charge in [-0.05, 0) is 31.6 Å². The highest BCUT2D eigenvalue weighted by Gasteiger charge is 2.19. The third kappa shape index (κ3) is 3.36. The van der Waals surface area contributed by atoms with Crippen LogP contribution in [-0.2, 0) is 13.0 Å². The quantitative estimate of drug-likeness (QED) is 0.797. The first-order valence-electron chi connectivity index (χ1n) is 5.38. The summed E-state index contributed by atoms with van der Waals surface area (Å²) in [5.41, 5.74) is 2.08. The second-order valence-electron chi connectivity index (χ2n) is 4.63. The first-order chi connectivity index (χ1) is 6.98. The molecule has 0 aliphatic heterocycles. The standard InChI is InChI=1S/C12H20O2Si/c1-5-10-7-6-8-11(9-13)12(10)14-15(2,3)4/h6-8,13H,5,9H2,1-4H3. The van der Waals surface area contributed by atoms with E-state index in [0.29, 0.717) is 0 Å². The Morgan fingerprint density at radius 2 is 1.80 bits per heavy atom. The number of hydrogen-bond acceptors (Lipinski definition) is 2. The average Bonchev–Trinajstić information content (AvgIpc) is 2.16. The monoisotopic (exact) mass is 224 g/mol. The third-order valence-corrected chi connectivity index (χ3v) is 2.95. The summed E-state index contributed by atoms with van der Waals surface area (Å²) >= 11 is 0. The lowest BCUT2D eigenvalue weighted by Crippen LogP contribution is -2.30. The van der Waals surface area contributed by atoms with Gasteiger partial charge in [-0.3, -0.25) is 0 Å². The molecule has 1 rings (SSSR count). The second-order valence-corrected chi connectivity index (χ2v) is 9.06. The normalized spacial score (nSPS) is 11.5. The Kier molecular flexibility index (Phi) is 3.94. The molecule has 0 unspecified atom stereocenters. The Morgan fingerprint density at radius 1 is 1.20 bits per heavy atom. The van der Waals surface area contributed by atoms with Crippen molar-refractivity contribution in [2.24, 2.45) is 0 Å². The van der Waals surface area contributed by atoms with Crippen LogP contribution in [0.15, 0.2) is 18.2 Å². The summed E-state index contributed by atoms with van der Waals surface area (Å²) in [7, 11) is -1.60. The van der Waals surface area contributed by atoms with Crippen LogP contribution >= 0.6 is 0 Å². The van der Waals surface area contributed by atoms with Crippen LogP contribution in [0, 0.1) is 0 Å². The minimum absolute atomic E-state index is 0.0493. The van der Waals surface area contributed by atoms with Crippen molar-refractivity contribution >= 4 is 8.32 Å². The summed E-state index contributed by atoms with van der Waals surface area (Å²) in [5, 5.41) is 9.27. The van der Waals surface area contributed by atoms with Gasteiger partial charge < -0.3 is 9.53 Å². The molecule has 0 radical (unpaired) electrons. The SMILES string of the molecule is CCc1cccc(CO)c1O[Si](C)(C)C. The summed E-state index contributed by atoms with van der Waals surface area (Å²) in [6.07, 6.45) is 0.938. The van der Waals surface area contributed by atoms with Crippen LogP contribution in [0.3, 0.4) is 0 Å². The van der Waals surface area contributed by atoms with Crippen molar-refractivity contribution < 1.29 is 9.53 Å². The van der Waals surface area contributed by atoms with Crippen LogP contribution in [0.5, 0.6) is 5.75 Å². The molecule has 84 valence electrons. The summed E-state index contributed by atoms with van der Waals surface area (Å²) in [6.45, 7) is 8.61. The number of benzene rings is 1. The summed E-state index contributed by atoms with van der Waals surface area (Å²) < 4.78 is 6.02. The minimum Gasteiger partial charge on any atom is -0.544 e. The van der Waals surface area contributed by atoms with Crippen LogP contribution in [0.1, 0.15) is 18.1 Å². The fourth-order valence-electron chi connectivity index (χ4n) is 1.48. The first-order valence-corrected chi connectivity index (χ1v) is 8.79. The largest absolute Gasteiger partial charge is 0.544 e. The summed E-state index contributed by atoms with van der Waals surface area (Å²) in [4.78, 5) is 0. The van der Waals surface area contributed by atoms with Gasteiger partial charge in [-0.2, -0.15) is 0 Å². The second kappa shape index (κ2) is 4.81. The Morgan fingerprint density at radius 3 is 2.27 bits per heavy atom. The molecule has 0 spiro atoms. The smallest absolute Gasteiger partial charge is 0.242 e. The molecule has 0 atom stereocenters. The maximum absolute atomic E-state index is 9.27. The molecule has 2 nitrogen and oxygen atoms in total. The Labute approximate surface area is 93.0 Å². The Bertz CT molecular complexity index is 307. The average molecular weight is 224 g/mol. The lowest BCUT2D eigenvalue weighted by Gasteiger charge is -2.23. The van der Waals surface area contributed by atoms with Gasteiger partial charge in [0.1, 0.15) is 5.75 Å². The van der Waals surface area contributed by atoms with Crippen LogP contribution in [0.4, 0.5) is 0 Å². The molecular weight excluding hydrogens is 204 g/mol. The highest BCUT2D eigenvalue weighted by molar-refractivity contribution is 6.70. The fraction of sp³-hybridized carbons (Fsp3) is 0.500. The van der Waals surface area contributed by atoms with Crippen LogP contribution < -0.4 is 4.43 Å². The molecule has 0 aliphatic rings. The van der Waals surface area contributed by atoms with Gasteiger partial charge in [0.15, 0.2) is 0 Å². The topological polar surface area (TPSA) is 29.5 Å². The minimum atomic E-state index is -1.60. The molecule has 3 heteroatoms.